The molecule has 1 atom stereocenters. The van der Waals surface area contributed by atoms with E-state index < -0.39 is 22.9 Å². The summed E-state index contributed by atoms with van der Waals surface area (Å²) in [5, 5.41) is 0. The highest BCUT2D eigenvalue weighted by atomic mass is 16.5. The molecular weight excluding hydrogens is 466 g/mol. The van der Waals surface area contributed by atoms with Gasteiger partial charge in [0.15, 0.2) is 5.78 Å². The molecule has 1 aliphatic carbocycles. The lowest BCUT2D eigenvalue weighted by atomic mass is 9.68. The number of hydrogen-bond donors (Lipinski definition) is 1. The number of hydrogen-bond acceptors (Lipinski definition) is 8. The highest BCUT2D eigenvalue weighted by molar-refractivity contribution is 6.19. The van der Waals surface area contributed by atoms with Crippen molar-refractivity contribution in [1.82, 2.24) is 4.57 Å². The number of ether oxygens (including phenoxy) is 3. The first kappa shape index (κ1) is 23.8. The number of nitrogens with two attached hydrogens (primary N) is 1. The van der Waals surface area contributed by atoms with E-state index in [0.29, 0.717) is 16.9 Å². The van der Waals surface area contributed by atoms with Crippen molar-refractivity contribution in [3.63, 3.8) is 0 Å². The number of ketones is 1. The van der Waals surface area contributed by atoms with Gasteiger partial charge >= 0.3 is 5.97 Å². The first-order valence-electron chi connectivity index (χ1n) is 11.8. The first-order chi connectivity index (χ1) is 17.3. The number of rotatable bonds is 7. The maximum absolute atomic E-state index is 14.5. The number of esters is 1. The molecule has 1 fully saturated rings. The second-order valence-electron chi connectivity index (χ2n) is 9.12. The van der Waals surface area contributed by atoms with Gasteiger partial charge < -0.3 is 29.4 Å². The van der Waals surface area contributed by atoms with E-state index in [1.54, 1.807) is 48.7 Å². The molecule has 2 aliphatic heterocycles. The summed E-state index contributed by atoms with van der Waals surface area (Å²) >= 11 is 0. The fourth-order valence-electron chi connectivity index (χ4n) is 5.34. The van der Waals surface area contributed by atoms with Crippen LogP contribution in [0, 0.1) is 6.92 Å². The van der Waals surface area contributed by atoms with Gasteiger partial charge in [-0.05, 0) is 32.8 Å². The van der Waals surface area contributed by atoms with Crippen LogP contribution >= 0.6 is 0 Å². The Balaban J connectivity index is 1.86. The van der Waals surface area contributed by atoms with Gasteiger partial charge in [0.05, 0.1) is 18.7 Å². The summed E-state index contributed by atoms with van der Waals surface area (Å²) in [4.78, 5) is 55.8. The molecule has 10 nitrogen and oxygen atoms in total. The summed E-state index contributed by atoms with van der Waals surface area (Å²) in [6, 6.07) is 8.42. The minimum atomic E-state index is -1.94. The molecule has 2 aromatic rings. The molecule has 5 rings (SSSR count). The Morgan fingerprint density at radius 1 is 1.22 bits per heavy atom. The largest absolute Gasteiger partial charge is 0.462 e. The number of pyridine rings is 1. The highest BCUT2D eigenvalue weighted by Crippen LogP contribution is 2.55. The number of carbonyl (C=O) groups excluding carboxylic acids is 3. The molecule has 0 saturated heterocycles. The molecule has 10 heteroatoms. The number of aromatic nitrogens is 1. The van der Waals surface area contributed by atoms with E-state index >= 15 is 0 Å². The van der Waals surface area contributed by atoms with Crippen LogP contribution in [0.15, 0.2) is 46.6 Å². The smallest absolute Gasteiger partial charge is 0.341 e. The Kier molecular flexibility index (Phi) is 5.71. The van der Waals surface area contributed by atoms with E-state index in [0.717, 1.165) is 12.8 Å². The molecule has 1 amide bonds. The normalized spacial score (nSPS) is 20.3. The van der Waals surface area contributed by atoms with E-state index in [2.05, 4.69) is 0 Å². The Morgan fingerprint density at radius 2 is 1.94 bits per heavy atom. The lowest BCUT2D eigenvalue weighted by Crippen LogP contribution is -2.52. The predicted molar refractivity (Wildman–Crippen MR) is 129 cm³/mol. The fraction of sp³-hybridized carbons (Fsp3) is 0.385. The van der Waals surface area contributed by atoms with Crippen molar-refractivity contribution in [3.8, 4) is 5.75 Å². The number of nitrogens with zero attached hydrogens (tertiary/aromatic N) is 2. The van der Waals surface area contributed by atoms with Crippen LogP contribution in [-0.4, -0.2) is 49.1 Å². The molecule has 3 heterocycles. The van der Waals surface area contributed by atoms with Crippen LogP contribution in [0.4, 0.5) is 5.69 Å². The lowest BCUT2D eigenvalue weighted by molar-refractivity contribution is -0.140. The minimum Gasteiger partial charge on any atom is -0.462 e. The maximum atomic E-state index is 14.5. The molecule has 1 spiro atoms. The van der Waals surface area contributed by atoms with Crippen LogP contribution < -0.4 is 20.9 Å². The Labute approximate surface area is 207 Å². The van der Waals surface area contributed by atoms with Gasteiger partial charge in [0, 0.05) is 36.2 Å². The van der Waals surface area contributed by atoms with Gasteiger partial charge in [0.1, 0.15) is 23.3 Å². The number of para-hydroxylation sites is 1. The van der Waals surface area contributed by atoms with Gasteiger partial charge in [-0.2, -0.15) is 0 Å². The number of fused-ring (bicyclic) bond motifs is 4. The topological polar surface area (TPSA) is 130 Å². The summed E-state index contributed by atoms with van der Waals surface area (Å²) in [6.07, 6.45) is 1.66. The van der Waals surface area contributed by atoms with Gasteiger partial charge in [-0.15, -0.1) is 0 Å². The zero-order valence-electron chi connectivity index (χ0n) is 20.3. The van der Waals surface area contributed by atoms with E-state index in [-0.39, 0.29) is 54.4 Å². The van der Waals surface area contributed by atoms with Crippen molar-refractivity contribution in [2.45, 2.75) is 38.1 Å². The Morgan fingerprint density at radius 3 is 2.61 bits per heavy atom. The van der Waals surface area contributed by atoms with Crippen molar-refractivity contribution in [2.24, 2.45) is 5.73 Å². The van der Waals surface area contributed by atoms with Gasteiger partial charge in [-0.3, -0.25) is 14.4 Å². The van der Waals surface area contributed by atoms with Gasteiger partial charge in [0.2, 0.25) is 11.8 Å². The monoisotopic (exact) mass is 493 g/mol. The molecule has 1 unspecified atom stereocenters. The molecule has 3 aliphatic rings. The standard InChI is InChI=1S/C26H27N3O7/c1-4-35-24(32)21-22(27)36-19-11-14(2)29(15-9-10-15)23(31)20(19)26(21)17-7-5-6-8-18(17)28(25(26)33)12-16(30)13-34-3/h5-8,11,15H,4,9-10,12-13,27H2,1-3H3. The second-order valence-corrected chi connectivity index (χ2v) is 9.12. The minimum absolute atomic E-state index is 0.000258. The van der Waals surface area contributed by atoms with E-state index in [1.165, 1.54) is 12.0 Å². The second kappa shape index (κ2) is 8.63. The SMILES string of the molecule is CCOC(=O)C1=C(N)Oc2cc(C)n(C3CC3)c(=O)c2C12C(=O)N(CC(=O)COC)c1ccccc12. The number of amides is 1. The average Bonchev–Trinajstić information content (AvgIpc) is 3.63. The summed E-state index contributed by atoms with van der Waals surface area (Å²) in [6.45, 7) is 2.93. The van der Waals surface area contributed by atoms with Crippen molar-refractivity contribution in [3.05, 3.63) is 69.0 Å². The molecule has 1 aromatic heterocycles. The molecule has 36 heavy (non-hydrogen) atoms. The van der Waals surface area contributed by atoms with Gasteiger partial charge in [-0.1, -0.05) is 18.2 Å². The van der Waals surface area contributed by atoms with Crippen molar-refractivity contribution >= 4 is 23.3 Å². The Bertz CT molecular complexity index is 1390. The van der Waals surface area contributed by atoms with Crippen LogP contribution in [0.3, 0.4) is 0 Å². The third-order valence-corrected chi connectivity index (χ3v) is 6.81. The molecule has 1 aromatic carbocycles. The number of carbonyl (C=O) groups is 3. The zero-order chi connectivity index (χ0) is 25.8. The number of anilines is 1. The maximum Gasteiger partial charge on any atom is 0.341 e. The number of Topliss-reactive ketones (excluding diaryl/α,β-unsaturated/α-hetero) is 1. The Hall–Kier alpha value is -3.92. The van der Waals surface area contributed by atoms with E-state index in [1.807, 2.05) is 0 Å². The average molecular weight is 494 g/mol. The predicted octanol–water partition coefficient (Wildman–Crippen LogP) is 1.47. The van der Waals surface area contributed by atoms with Crippen molar-refractivity contribution in [2.75, 3.05) is 31.8 Å². The number of aryl methyl sites for hydroxylation is 1. The number of methoxy groups -OCH3 is 1. The van der Waals surface area contributed by atoms with Crippen LogP contribution in [0.5, 0.6) is 5.75 Å². The fourth-order valence-corrected chi connectivity index (χ4v) is 5.34. The molecule has 0 radical (unpaired) electrons. The van der Waals surface area contributed by atoms with Crippen molar-refractivity contribution in [1.29, 1.82) is 0 Å². The van der Waals surface area contributed by atoms with Gasteiger partial charge in [-0.25, -0.2) is 4.79 Å². The summed E-state index contributed by atoms with van der Waals surface area (Å²) < 4.78 is 17.7. The molecule has 1 saturated carbocycles. The third kappa shape index (κ3) is 3.28. The quantitative estimate of drug-likeness (QED) is 0.574. The van der Waals surface area contributed by atoms with Crippen molar-refractivity contribution < 1.29 is 28.6 Å². The molecule has 0 bridgehead atoms. The lowest BCUT2D eigenvalue weighted by Gasteiger charge is -2.36. The molecule has 188 valence electrons. The van der Waals surface area contributed by atoms with Crippen LogP contribution in [0.2, 0.25) is 0 Å². The third-order valence-electron chi connectivity index (χ3n) is 6.81. The number of benzene rings is 1. The summed E-state index contributed by atoms with van der Waals surface area (Å²) in [5.41, 5.74) is 5.07. The van der Waals surface area contributed by atoms with E-state index in [9.17, 15) is 19.2 Å². The van der Waals surface area contributed by atoms with Gasteiger partial charge in [0.25, 0.3) is 5.56 Å². The summed E-state index contributed by atoms with van der Waals surface area (Å²) in [5.74, 6) is -2.08. The molecular formula is C26H27N3O7. The first-order valence-corrected chi connectivity index (χ1v) is 11.8. The zero-order valence-corrected chi connectivity index (χ0v) is 20.3. The van der Waals surface area contributed by atoms with E-state index in [4.69, 9.17) is 19.9 Å². The summed E-state index contributed by atoms with van der Waals surface area (Å²) in [7, 11) is 1.39. The van der Waals surface area contributed by atoms with Crippen LogP contribution in [0.1, 0.15) is 42.6 Å². The van der Waals surface area contributed by atoms with Crippen LogP contribution in [0.25, 0.3) is 0 Å². The van der Waals surface area contributed by atoms with Crippen LogP contribution in [-0.2, 0) is 29.3 Å². The molecule has 2 N–H and O–H groups in total. The highest BCUT2D eigenvalue weighted by Gasteiger charge is 2.63.